The lowest BCUT2D eigenvalue weighted by atomic mass is 9.88. The summed E-state index contributed by atoms with van der Waals surface area (Å²) in [6.45, 7) is 0.676. The topological polar surface area (TPSA) is 49.2 Å². The van der Waals surface area contributed by atoms with E-state index in [1.165, 1.54) is 7.11 Å². The molecule has 0 bridgehead atoms. The van der Waals surface area contributed by atoms with E-state index in [0.29, 0.717) is 35.8 Å². The van der Waals surface area contributed by atoms with Crippen molar-refractivity contribution < 1.29 is 37.1 Å². The van der Waals surface area contributed by atoms with Gasteiger partial charge >= 0.3 is 6.18 Å². The van der Waals surface area contributed by atoms with Crippen molar-refractivity contribution in [3.63, 3.8) is 0 Å². The van der Waals surface area contributed by atoms with E-state index < -0.39 is 24.4 Å². The molecule has 0 aromatic heterocycles. The van der Waals surface area contributed by atoms with E-state index in [1.807, 2.05) is 0 Å². The summed E-state index contributed by atoms with van der Waals surface area (Å²) in [6.07, 6.45) is -4.77. The number of Topliss-reactive ketones (excluding diaryl/α,β-unsaturated/α-hetero) is 1. The molecule has 8 heteroatoms. The molecule has 2 heterocycles. The standard InChI is InChI=1S/C15H16F3NO4/c1-19-4-3-8-5-10-13(23-7-22-10)14(21-2)12(8)9(19)6-11(20)15(16,17)18/h5,9H,3-4,6-7H2,1-2H3/p+1/t9-/m1/s1. The fourth-order valence-corrected chi connectivity index (χ4v) is 3.20. The van der Waals surface area contributed by atoms with E-state index in [0.717, 1.165) is 10.5 Å². The number of likely N-dealkylation sites (N-methyl/N-ethyl adjacent to an activating group) is 1. The number of hydrogen-bond donors (Lipinski definition) is 1. The minimum absolute atomic E-state index is 0.0451. The SMILES string of the molecule is COc1c2c(cc3c1[C@@H](CC(=O)C(F)(F)F)[NH+](C)CC3)OCO2. The molecule has 0 spiro atoms. The van der Waals surface area contributed by atoms with Crippen LogP contribution in [0.5, 0.6) is 17.2 Å². The number of rotatable bonds is 3. The van der Waals surface area contributed by atoms with Crippen molar-refractivity contribution in [2.24, 2.45) is 0 Å². The zero-order valence-corrected chi connectivity index (χ0v) is 12.8. The lowest BCUT2D eigenvalue weighted by Gasteiger charge is -2.32. The Balaban J connectivity index is 2.05. The summed E-state index contributed by atoms with van der Waals surface area (Å²) in [5.74, 6) is -0.435. The van der Waals surface area contributed by atoms with Crippen LogP contribution in [0, 0.1) is 0 Å². The number of carbonyl (C=O) groups excluding carboxylic acids is 1. The summed E-state index contributed by atoms with van der Waals surface area (Å²) in [5.41, 5.74) is 1.45. The Labute approximate surface area is 130 Å². The summed E-state index contributed by atoms with van der Waals surface area (Å²) in [6, 6.07) is 1.15. The highest BCUT2D eigenvalue weighted by atomic mass is 19.4. The highest BCUT2D eigenvalue weighted by molar-refractivity contribution is 5.84. The number of quaternary nitrogens is 1. The van der Waals surface area contributed by atoms with Crippen molar-refractivity contribution in [3.05, 3.63) is 17.2 Å². The average molecular weight is 332 g/mol. The van der Waals surface area contributed by atoms with E-state index in [2.05, 4.69) is 0 Å². The van der Waals surface area contributed by atoms with Gasteiger partial charge in [0.05, 0.1) is 32.7 Å². The van der Waals surface area contributed by atoms with Gasteiger partial charge in [-0.2, -0.15) is 13.2 Å². The smallest absolute Gasteiger partial charge is 0.450 e. The molecule has 0 fully saturated rings. The quantitative estimate of drug-likeness (QED) is 0.899. The van der Waals surface area contributed by atoms with E-state index in [-0.39, 0.29) is 6.79 Å². The van der Waals surface area contributed by atoms with Crippen molar-refractivity contribution in [1.82, 2.24) is 0 Å². The van der Waals surface area contributed by atoms with Crippen molar-refractivity contribution >= 4 is 5.78 Å². The first-order valence-electron chi connectivity index (χ1n) is 7.24. The molecule has 23 heavy (non-hydrogen) atoms. The lowest BCUT2D eigenvalue weighted by molar-refractivity contribution is -0.914. The van der Waals surface area contributed by atoms with Gasteiger partial charge in [0.1, 0.15) is 6.04 Å². The molecule has 0 saturated carbocycles. The molecule has 1 aromatic rings. The van der Waals surface area contributed by atoms with Gasteiger partial charge in [-0.05, 0) is 11.6 Å². The Morgan fingerprint density at radius 3 is 2.83 bits per heavy atom. The summed E-state index contributed by atoms with van der Waals surface area (Å²) >= 11 is 0. The second-order valence-electron chi connectivity index (χ2n) is 5.74. The summed E-state index contributed by atoms with van der Waals surface area (Å²) < 4.78 is 54.1. The Morgan fingerprint density at radius 2 is 2.17 bits per heavy atom. The normalized spacial score (nSPS) is 22.7. The Hall–Kier alpha value is -1.96. The largest absolute Gasteiger partial charge is 0.492 e. The van der Waals surface area contributed by atoms with Crippen LogP contribution >= 0.6 is 0 Å². The maximum atomic E-state index is 12.7. The van der Waals surface area contributed by atoms with Crippen LogP contribution in [-0.4, -0.2) is 39.5 Å². The molecular formula is C15H17F3NO4+. The molecule has 0 radical (unpaired) electrons. The van der Waals surface area contributed by atoms with E-state index >= 15 is 0 Å². The third-order valence-corrected chi connectivity index (χ3v) is 4.39. The first-order valence-corrected chi connectivity index (χ1v) is 7.24. The number of halogens is 3. The number of ketones is 1. The molecule has 126 valence electrons. The molecule has 2 aliphatic heterocycles. The predicted octanol–water partition coefficient (Wildman–Crippen LogP) is 1.06. The summed E-state index contributed by atoms with van der Waals surface area (Å²) in [4.78, 5) is 12.3. The molecule has 5 nitrogen and oxygen atoms in total. The van der Waals surface area contributed by atoms with Gasteiger partial charge < -0.3 is 19.1 Å². The number of nitrogens with one attached hydrogen (secondary N) is 1. The molecular weight excluding hydrogens is 315 g/mol. The molecule has 1 N–H and O–H groups in total. The maximum Gasteiger partial charge on any atom is 0.450 e. The molecule has 0 aliphatic carbocycles. The van der Waals surface area contributed by atoms with Crippen LogP contribution in [0.3, 0.4) is 0 Å². The second kappa shape index (κ2) is 5.59. The molecule has 0 saturated heterocycles. The van der Waals surface area contributed by atoms with Gasteiger partial charge in [-0.1, -0.05) is 0 Å². The highest BCUT2D eigenvalue weighted by Gasteiger charge is 2.44. The van der Waals surface area contributed by atoms with Crippen LogP contribution in [0.25, 0.3) is 0 Å². The van der Waals surface area contributed by atoms with Gasteiger partial charge in [-0.3, -0.25) is 4.79 Å². The van der Waals surface area contributed by atoms with E-state index in [4.69, 9.17) is 14.2 Å². The third-order valence-electron chi connectivity index (χ3n) is 4.39. The summed E-state index contributed by atoms with van der Waals surface area (Å²) in [5, 5.41) is 0. The molecule has 0 amide bonds. The molecule has 2 aliphatic rings. The van der Waals surface area contributed by atoms with Crippen LogP contribution in [-0.2, 0) is 11.2 Å². The summed E-state index contributed by atoms with van der Waals surface area (Å²) in [7, 11) is 3.21. The van der Waals surface area contributed by atoms with Gasteiger partial charge in [-0.25, -0.2) is 0 Å². The second-order valence-corrected chi connectivity index (χ2v) is 5.74. The molecule has 2 atom stereocenters. The Morgan fingerprint density at radius 1 is 1.43 bits per heavy atom. The van der Waals surface area contributed by atoms with Crippen LogP contribution in [0.2, 0.25) is 0 Å². The van der Waals surface area contributed by atoms with E-state index in [1.54, 1.807) is 13.1 Å². The minimum atomic E-state index is -4.83. The first-order chi connectivity index (χ1) is 10.8. The predicted molar refractivity (Wildman–Crippen MR) is 73.0 cm³/mol. The van der Waals surface area contributed by atoms with Gasteiger partial charge in [0, 0.05) is 6.42 Å². The fraction of sp³-hybridized carbons (Fsp3) is 0.533. The lowest BCUT2D eigenvalue weighted by Crippen LogP contribution is -3.10. The molecule has 1 aromatic carbocycles. The van der Waals surface area contributed by atoms with Crippen LogP contribution < -0.4 is 19.1 Å². The molecule has 3 rings (SSSR count). The van der Waals surface area contributed by atoms with Crippen molar-refractivity contribution in [1.29, 1.82) is 0 Å². The Bertz CT molecular complexity index is 645. The third kappa shape index (κ3) is 2.71. The monoisotopic (exact) mass is 332 g/mol. The average Bonchev–Trinajstić information content (AvgIpc) is 2.94. The van der Waals surface area contributed by atoms with Gasteiger partial charge in [-0.15, -0.1) is 0 Å². The van der Waals surface area contributed by atoms with Crippen LogP contribution in [0.15, 0.2) is 6.07 Å². The van der Waals surface area contributed by atoms with Crippen LogP contribution in [0.1, 0.15) is 23.6 Å². The van der Waals surface area contributed by atoms with Crippen molar-refractivity contribution in [2.45, 2.75) is 25.1 Å². The van der Waals surface area contributed by atoms with Crippen molar-refractivity contribution in [3.8, 4) is 17.2 Å². The maximum absolute atomic E-state index is 12.7. The number of carbonyl (C=O) groups is 1. The first kappa shape index (κ1) is 15.9. The highest BCUT2D eigenvalue weighted by Crippen LogP contribution is 2.48. The Kier molecular flexibility index (Phi) is 3.87. The van der Waals surface area contributed by atoms with E-state index in [9.17, 15) is 18.0 Å². The van der Waals surface area contributed by atoms with Crippen LogP contribution in [0.4, 0.5) is 13.2 Å². The number of methoxy groups -OCH3 is 1. The van der Waals surface area contributed by atoms with Gasteiger partial charge in [0.15, 0.2) is 11.5 Å². The number of fused-ring (bicyclic) bond motifs is 2. The number of benzene rings is 1. The molecule has 1 unspecified atom stereocenters. The van der Waals surface area contributed by atoms with Crippen molar-refractivity contribution in [2.75, 3.05) is 27.5 Å². The van der Waals surface area contributed by atoms with Gasteiger partial charge in [0.2, 0.25) is 18.3 Å². The van der Waals surface area contributed by atoms with Gasteiger partial charge in [0.25, 0.3) is 0 Å². The zero-order valence-electron chi connectivity index (χ0n) is 12.8. The fourth-order valence-electron chi connectivity index (χ4n) is 3.20. The zero-order chi connectivity index (χ0) is 16.8. The minimum Gasteiger partial charge on any atom is -0.492 e. The number of alkyl halides is 3. The number of hydrogen-bond acceptors (Lipinski definition) is 4. The number of ether oxygens (including phenoxy) is 3.